The molecule has 1 aliphatic rings. The Morgan fingerprint density at radius 3 is 2.68 bits per heavy atom. The number of nitrogens with zero attached hydrogens (tertiary/aromatic N) is 2. The van der Waals surface area contributed by atoms with Gasteiger partial charge in [0.25, 0.3) is 10.0 Å². The molecule has 0 atom stereocenters. The highest BCUT2D eigenvalue weighted by Crippen LogP contribution is 2.24. The summed E-state index contributed by atoms with van der Waals surface area (Å²) in [7, 11) is -2.06. The Bertz CT molecular complexity index is 873. The molecule has 0 spiro atoms. The predicted molar refractivity (Wildman–Crippen MR) is 83.9 cm³/mol. The summed E-state index contributed by atoms with van der Waals surface area (Å²) in [6.07, 6.45) is 1.55. The molecule has 22 heavy (non-hydrogen) atoms. The number of amidine groups is 1. The number of nitrogens with one attached hydrogen (secondary N) is 1. The van der Waals surface area contributed by atoms with Crippen molar-refractivity contribution in [1.82, 2.24) is 5.43 Å². The molecule has 0 saturated carbocycles. The highest BCUT2D eigenvalue weighted by molar-refractivity contribution is 7.90. The van der Waals surface area contributed by atoms with Gasteiger partial charge in [0.2, 0.25) is 0 Å². The van der Waals surface area contributed by atoms with E-state index in [1.54, 1.807) is 31.5 Å². The molecule has 7 heteroatoms. The lowest BCUT2D eigenvalue weighted by atomic mass is 10.2. The first kappa shape index (κ1) is 14.3. The monoisotopic (exact) mass is 315 g/mol. The molecule has 0 amide bonds. The van der Waals surface area contributed by atoms with Crippen LogP contribution in [0.15, 0.2) is 62.9 Å². The van der Waals surface area contributed by atoms with Gasteiger partial charge in [0.15, 0.2) is 5.84 Å². The molecule has 1 aliphatic heterocycles. The predicted octanol–water partition coefficient (Wildman–Crippen LogP) is 1.77. The van der Waals surface area contributed by atoms with Crippen molar-refractivity contribution in [3.05, 3.63) is 59.7 Å². The van der Waals surface area contributed by atoms with Gasteiger partial charge in [-0.1, -0.05) is 24.3 Å². The zero-order valence-electron chi connectivity index (χ0n) is 11.7. The molecule has 6 nitrogen and oxygen atoms in total. The summed E-state index contributed by atoms with van der Waals surface area (Å²) in [5.74, 6) is 0.885. The Balaban J connectivity index is 1.85. The average molecular weight is 315 g/mol. The van der Waals surface area contributed by atoms with Crippen LogP contribution in [0.4, 0.5) is 0 Å². The van der Waals surface area contributed by atoms with Gasteiger partial charge >= 0.3 is 0 Å². The van der Waals surface area contributed by atoms with Crippen LogP contribution in [0.25, 0.3) is 0 Å². The van der Waals surface area contributed by atoms with Crippen molar-refractivity contribution in [3.63, 3.8) is 0 Å². The lowest BCUT2D eigenvalue weighted by molar-refractivity contribution is 0.414. The summed E-state index contributed by atoms with van der Waals surface area (Å²) in [5.41, 5.74) is 3.96. The molecule has 2 aromatic carbocycles. The second-order valence-corrected chi connectivity index (χ2v) is 6.10. The van der Waals surface area contributed by atoms with Crippen molar-refractivity contribution in [1.29, 1.82) is 0 Å². The summed E-state index contributed by atoms with van der Waals surface area (Å²) in [6.45, 7) is 0. The molecule has 112 valence electrons. The highest BCUT2D eigenvalue weighted by atomic mass is 32.2. The number of fused-ring (bicyclic) bond motifs is 1. The number of hydrazone groups is 1. The van der Waals surface area contributed by atoms with Gasteiger partial charge in [-0.2, -0.15) is 13.5 Å². The van der Waals surface area contributed by atoms with Crippen LogP contribution in [0.1, 0.15) is 11.1 Å². The fraction of sp³-hybridized carbons (Fsp3) is 0.0667. The van der Waals surface area contributed by atoms with Crippen molar-refractivity contribution in [2.45, 2.75) is 4.90 Å². The number of methoxy groups -OCH3 is 1. The maximum Gasteiger partial charge on any atom is 0.285 e. The smallest absolute Gasteiger partial charge is 0.285 e. The average Bonchev–Trinajstić information content (AvgIpc) is 2.79. The number of hydrogen-bond acceptors (Lipinski definition) is 5. The summed E-state index contributed by atoms with van der Waals surface area (Å²) in [5, 5.41) is 4.05. The van der Waals surface area contributed by atoms with Crippen LogP contribution in [-0.4, -0.2) is 27.6 Å². The van der Waals surface area contributed by atoms with E-state index in [1.807, 2.05) is 24.3 Å². The van der Waals surface area contributed by atoms with E-state index in [0.717, 1.165) is 5.56 Å². The fourth-order valence-electron chi connectivity index (χ4n) is 2.12. The molecule has 0 fully saturated rings. The van der Waals surface area contributed by atoms with Crippen LogP contribution in [0.3, 0.4) is 0 Å². The number of para-hydroxylation sites is 1. The summed E-state index contributed by atoms with van der Waals surface area (Å²) in [4.78, 5) is 0.185. The van der Waals surface area contributed by atoms with Crippen molar-refractivity contribution in [2.75, 3.05) is 7.11 Å². The number of ether oxygens (including phenoxy) is 1. The molecule has 1 N–H and O–H groups in total. The topological polar surface area (TPSA) is 80.1 Å². The SMILES string of the molecule is COc1ccccc1/C=N/NC1=NS(=O)(=O)c2ccccc21. The largest absolute Gasteiger partial charge is 0.496 e. The van der Waals surface area contributed by atoms with Gasteiger partial charge in [-0.3, -0.25) is 5.43 Å². The summed E-state index contributed by atoms with van der Waals surface area (Å²) < 4.78 is 32.7. The van der Waals surface area contributed by atoms with Crippen LogP contribution in [-0.2, 0) is 10.0 Å². The molecule has 0 unspecified atom stereocenters. The van der Waals surface area contributed by atoms with Crippen LogP contribution in [0.5, 0.6) is 5.75 Å². The first-order chi connectivity index (χ1) is 10.6. The normalized spacial score (nSPS) is 15.4. The second-order valence-electron chi connectivity index (χ2n) is 4.52. The van der Waals surface area contributed by atoms with Crippen molar-refractivity contribution >= 4 is 22.1 Å². The third kappa shape index (κ3) is 2.58. The minimum absolute atomic E-state index is 0.185. The maximum absolute atomic E-state index is 11.9. The van der Waals surface area contributed by atoms with E-state index in [2.05, 4.69) is 14.9 Å². The molecule has 0 aromatic heterocycles. The zero-order chi connectivity index (χ0) is 15.6. The lowest BCUT2D eigenvalue weighted by Gasteiger charge is -2.03. The van der Waals surface area contributed by atoms with E-state index >= 15 is 0 Å². The summed E-state index contributed by atoms with van der Waals surface area (Å²) >= 11 is 0. The number of rotatable bonds is 3. The van der Waals surface area contributed by atoms with Crippen LogP contribution in [0, 0.1) is 0 Å². The van der Waals surface area contributed by atoms with Crippen molar-refractivity contribution in [2.24, 2.45) is 9.50 Å². The summed E-state index contributed by atoms with van der Waals surface area (Å²) in [6, 6.07) is 14.0. The molecule has 0 bridgehead atoms. The molecule has 2 aromatic rings. The maximum atomic E-state index is 11.9. The van der Waals surface area contributed by atoms with E-state index < -0.39 is 10.0 Å². The third-order valence-corrected chi connectivity index (χ3v) is 4.48. The van der Waals surface area contributed by atoms with E-state index in [1.165, 1.54) is 6.07 Å². The van der Waals surface area contributed by atoms with Crippen LogP contribution in [0.2, 0.25) is 0 Å². The first-order valence-electron chi connectivity index (χ1n) is 6.48. The quantitative estimate of drug-likeness (QED) is 0.691. The van der Waals surface area contributed by atoms with Crippen LogP contribution < -0.4 is 10.2 Å². The second kappa shape index (κ2) is 5.61. The third-order valence-electron chi connectivity index (χ3n) is 3.14. The minimum Gasteiger partial charge on any atom is -0.496 e. The highest BCUT2D eigenvalue weighted by Gasteiger charge is 2.28. The zero-order valence-corrected chi connectivity index (χ0v) is 12.5. The van der Waals surface area contributed by atoms with Crippen LogP contribution >= 0.6 is 0 Å². The first-order valence-corrected chi connectivity index (χ1v) is 7.92. The molecule has 1 heterocycles. The number of benzene rings is 2. The molecule has 0 aliphatic carbocycles. The van der Waals surface area contributed by atoms with Gasteiger partial charge in [-0.05, 0) is 24.3 Å². The molecule has 0 saturated heterocycles. The van der Waals surface area contributed by atoms with Crippen molar-refractivity contribution < 1.29 is 13.2 Å². The van der Waals surface area contributed by atoms with Gasteiger partial charge in [0, 0.05) is 11.1 Å². The number of hydrogen-bond donors (Lipinski definition) is 1. The molecular formula is C15H13N3O3S. The Morgan fingerprint density at radius 1 is 1.14 bits per heavy atom. The fourth-order valence-corrected chi connectivity index (χ4v) is 3.29. The van der Waals surface area contributed by atoms with E-state index in [-0.39, 0.29) is 10.7 Å². The van der Waals surface area contributed by atoms with Gasteiger partial charge in [0.05, 0.1) is 13.3 Å². The standard InChI is InChI=1S/C15H13N3O3S/c1-21-13-8-4-2-6-11(13)10-16-17-15-12-7-3-5-9-14(12)22(19,20)18-15/h2-10H,1H3,(H,17,18)/b16-10+. The minimum atomic E-state index is -3.64. The van der Waals surface area contributed by atoms with E-state index in [4.69, 9.17) is 4.74 Å². The number of sulfonamides is 1. The molecular weight excluding hydrogens is 302 g/mol. The Morgan fingerprint density at radius 2 is 1.86 bits per heavy atom. The Kier molecular flexibility index (Phi) is 3.64. The molecule has 3 rings (SSSR count). The van der Waals surface area contributed by atoms with Gasteiger partial charge in [-0.25, -0.2) is 0 Å². The molecule has 0 radical (unpaired) electrons. The van der Waals surface area contributed by atoms with Gasteiger partial charge in [0.1, 0.15) is 10.6 Å². The lowest BCUT2D eigenvalue weighted by Crippen LogP contribution is -2.17. The van der Waals surface area contributed by atoms with E-state index in [0.29, 0.717) is 11.3 Å². The van der Waals surface area contributed by atoms with Gasteiger partial charge in [-0.15, -0.1) is 4.40 Å². The van der Waals surface area contributed by atoms with Crippen molar-refractivity contribution in [3.8, 4) is 5.75 Å². The Labute approximate surface area is 128 Å². The van der Waals surface area contributed by atoms with Gasteiger partial charge < -0.3 is 4.74 Å². The van der Waals surface area contributed by atoms with E-state index in [9.17, 15) is 8.42 Å². The Hall–Kier alpha value is -2.67.